The number of pyridine rings is 3. The van der Waals surface area contributed by atoms with Crippen molar-refractivity contribution >= 4 is 93.8 Å². The molecule has 0 amide bonds. The topological polar surface area (TPSA) is 88.8 Å². The van der Waals surface area contributed by atoms with E-state index in [4.69, 9.17) is 6.57 Å². The lowest BCUT2D eigenvalue weighted by atomic mass is 9.83. The van der Waals surface area contributed by atoms with Crippen molar-refractivity contribution in [2.24, 2.45) is 0 Å². The predicted molar refractivity (Wildman–Crippen MR) is 582 cm³/mol. The van der Waals surface area contributed by atoms with E-state index < -0.39 is 0 Å². The molecule has 0 saturated carbocycles. The number of fused-ring (bicyclic) bond motifs is 16. The first-order valence-electron chi connectivity index (χ1n) is 47.3. The van der Waals surface area contributed by atoms with Crippen LogP contribution in [0, 0.1) is 6.57 Å². The highest BCUT2D eigenvalue weighted by atomic mass is 15.3. The average Bonchev–Trinajstić information content (AvgIpc) is 1.66. The molecular formula is C129H88N10. The van der Waals surface area contributed by atoms with Gasteiger partial charge in [-0.2, -0.15) is 0 Å². The summed E-state index contributed by atoms with van der Waals surface area (Å²) in [7, 11) is 0. The summed E-state index contributed by atoms with van der Waals surface area (Å²) in [6.07, 6.45) is 35.3. The molecule has 6 aliphatic rings. The van der Waals surface area contributed by atoms with Gasteiger partial charge in [-0.15, -0.1) is 0 Å². The number of hydrogen-bond donors (Lipinski definition) is 3. The van der Waals surface area contributed by atoms with Gasteiger partial charge >= 0.3 is 0 Å². The van der Waals surface area contributed by atoms with Gasteiger partial charge in [-0.05, 0) is 257 Å². The van der Waals surface area contributed by atoms with Crippen LogP contribution < -0.4 is 30.7 Å². The van der Waals surface area contributed by atoms with Gasteiger partial charge in [0.25, 0.3) is 0 Å². The van der Waals surface area contributed by atoms with Crippen LogP contribution in [0.15, 0.2) is 499 Å². The molecule has 18 aromatic carbocycles. The summed E-state index contributed by atoms with van der Waals surface area (Å²) >= 11 is 0. The highest BCUT2D eigenvalue weighted by molar-refractivity contribution is 6.24. The molecule has 0 fully saturated rings. The molecule has 0 radical (unpaired) electrons. The van der Waals surface area contributed by atoms with E-state index in [2.05, 4.69) is 470 Å². The summed E-state index contributed by atoms with van der Waals surface area (Å²) in [5, 5.41) is 22.7. The van der Waals surface area contributed by atoms with Crippen LogP contribution in [-0.2, 0) is 0 Å². The number of rotatable bonds is 13. The van der Waals surface area contributed by atoms with Crippen molar-refractivity contribution < 1.29 is 0 Å². The molecule has 10 nitrogen and oxygen atoms in total. The Hall–Kier alpha value is -18.6. The molecule has 6 aliphatic heterocycles. The van der Waals surface area contributed by atoms with Gasteiger partial charge < -0.3 is 30.7 Å². The smallest absolute Gasteiger partial charge is 0.187 e. The quantitative estimate of drug-likeness (QED) is 0.0772. The number of anilines is 6. The summed E-state index contributed by atoms with van der Waals surface area (Å²) in [4.78, 5) is 23.6. The molecule has 3 aromatic heterocycles. The number of benzene rings is 18. The van der Waals surface area contributed by atoms with E-state index >= 15 is 0 Å². The number of aromatic nitrogens is 3. The molecule has 21 aromatic rings. The van der Waals surface area contributed by atoms with E-state index in [1.807, 2.05) is 79.5 Å². The molecule has 3 atom stereocenters. The Labute approximate surface area is 807 Å². The minimum atomic E-state index is 0.0525. The summed E-state index contributed by atoms with van der Waals surface area (Å²) < 4.78 is 0. The maximum Gasteiger partial charge on any atom is 0.187 e. The lowest BCUT2D eigenvalue weighted by Gasteiger charge is -2.23. The van der Waals surface area contributed by atoms with Crippen LogP contribution in [0.3, 0.4) is 0 Å². The van der Waals surface area contributed by atoms with Gasteiger partial charge in [0.2, 0.25) is 0 Å². The van der Waals surface area contributed by atoms with Crippen LogP contribution in [0.2, 0.25) is 0 Å². The number of nitrogens with zero attached hydrogens (tertiary/aromatic N) is 7. The van der Waals surface area contributed by atoms with Crippen molar-refractivity contribution in [3.05, 3.63) is 510 Å². The molecule has 0 bridgehead atoms. The van der Waals surface area contributed by atoms with Crippen molar-refractivity contribution in [2.75, 3.05) is 30.7 Å². The molecule has 27 rings (SSSR count). The van der Waals surface area contributed by atoms with E-state index in [0.717, 1.165) is 78.2 Å². The maximum atomic E-state index is 7.29. The molecule has 3 unspecified atom stereocenters. The van der Waals surface area contributed by atoms with Crippen molar-refractivity contribution in [1.82, 2.24) is 15.0 Å². The zero-order chi connectivity index (χ0) is 92.2. The lowest BCUT2D eigenvalue weighted by Crippen LogP contribution is -2.30. The summed E-state index contributed by atoms with van der Waals surface area (Å²) in [5.41, 5.74) is 39.4. The van der Waals surface area contributed by atoms with Gasteiger partial charge in [0.1, 0.15) is 18.5 Å². The van der Waals surface area contributed by atoms with Crippen molar-refractivity contribution in [3.63, 3.8) is 0 Å². The second kappa shape index (κ2) is 35.4. The van der Waals surface area contributed by atoms with Crippen LogP contribution in [0.4, 0.5) is 39.8 Å². The summed E-state index contributed by atoms with van der Waals surface area (Å²) in [5.74, 6) is 0. The normalized spacial score (nSPS) is 14.6. The van der Waals surface area contributed by atoms with Crippen LogP contribution in [0.25, 0.3) is 203 Å². The van der Waals surface area contributed by atoms with Crippen molar-refractivity contribution in [2.45, 2.75) is 18.5 Å². The first kappa shape index (κ1) is 82.4. The van der Waals surface area contributed by atoms with Gasteiger partial charge in [0, 0.05) is 82.8 Å². The van der Waals surface area contributed by atoms with Crippen LogP contribution >= 0.6 is 0 Å². The van der Waals surface area contributed by atoms with E-state index in [0.29, 0.717) is 5.69 Å². The number of para-hydroxylation sites is 1. The molecule has 0 saturated heterocycles. The summed E-state index contributed by atoms with van der Waals surface area (Å²) in [6, 6.07) is 142. The van der Waals surface area contributed by atoms with Crippen LogP contribution in [0.5, 0.6) is 0 Å². The third-order valence-corrected chi connectivity index (χ3v) is 27.8. The number of allylic oxidation sites excluding steroid dienone is 6. The fraction of sp³-hybridized carbons (Fsp3) is 0.0233. The Morgan fingerprint density at radius 3 is 0.978 bits per heavy atom. The second-order valence-corrected chi connectivity index (χ2v) is 35.7. The van der Waals surface area contributed by atoms with Gasteiger partial charge in [-0.3, -0.25) is 15.0 Å². The molecule has 654 valence electrons. The molecule has 139 heavy (non-hydrogen) atoms. The molecule has 10 heteroatoms. The number of nitrogens with one attached hydrogen (secondary N) is 3. The van der Waals surface area contributed by atoms with Crippen LogP contribution in [0.1, 0.15) is 0 Å². The Balaban J connectivity index is 0.000000111. The Kier molecular flexibility index (Phi) is 21.0. The first-order valence-corrected chi connectivity index (χ1v) is 47.3. The first-order chi connectivity index (χ1) is 68.9. The average molecular weight is 1780 g/mol. The second-order valence-electron chi connectivity index (χ2n) is 35.7. The van der Waals surface area contributed by atoms with Gasteiger partial charge in [0.05, 0.1) is 46.2 Å². The highest BCUT2D eigenvalue weighted by Gasteiger charge is 2.35. The zero-order valence-electron chi connectivity index (χ0n) is 75.7. The fourth-order valence-electron chi connectivity index (χ4n) is 21.1. The minimum Gasteiger partial charge on any atom is -0.359 e. The van der Waals surface area contributed by atoms with Crippen LogP contribution in [-0.4, -0.2) is 33.4 Å². The number of hydrogen-bond acceptors (Lipinski definition) is 9. The van der Waals surface area contributed by atoms with E-state index in [1.54, 1.807) is 0 Å². The lowest BCUT2D eigenvalue weighted by molar-refractivity contribution is 0.908. The standard InChI is InChI=1S/C48H33N3.C44H29N3.C37H26N4/c1-2-11-35(12-3-1)46-41-16-6-4-14-39(41)40-15-5-7-17-42(40)47(46)36-25-23-34(24-26-36)43-29-38(30-44-48(43)50-45-18-8-9-28-51(44)45)33-21-19-32(20-22-33)37-13-10-27-49-31-37;1-45-34-24-22-30(23-25-34)29-18-20-31(21-19-29)33-27-39(44-40(28-33)47-26-10-9-17-41(47)46-44)43-38-16-8-6-14-36(38)35-13-5-7-15-37(35)42(43)32-11-3-2-4-12-32;1-2-22-41-34-24-31(26-11-9-25(10-12-26)27-17-20-38-21-18-27)23-33(37(34)40-35(41)8-1)29-15-13-28(14-16-29)32-7-3-5-30-6-4-19-39-36(30)32/h1-31,45,50H;2-28,41,46H;1-24,35,40H. The van der Waals surface area contributed by atoms with Gasteiger partial charge in [-0.1, -0.05) is 352 Å². The largest absolute Gasteiger partial charge is 0.359 e. The van der Waals surface area contributed by atoms with E-state index in [9.17, 15) is 0 Å². The zero-order valence-corrected chi connectivity index (χ0v) is 75.7. The minimum absolute atomic E-state index is 0.0525. The third kappa shape index (κ3) is 15.2. The Bertz CT molecular complexity index is 8620. The third-order valence-electron chi connectivity index (χ3n) is 27.8. The van der Waals surface area contributed by atoms with E-state index in [-0.39, 0.29) is 18.5 Å². The Morgan fingerprint density at radius 2 is 0.554 bits per heavy atom. The monoisotopic (exact) mass is 1780 g/mol. The molecule has 3 N–H and O–H groups in total. The molecule has 0 spiro atoms. The summed E-state index contributed by atoms with van der Waals surface area (Å²) in [6.45, 7) is 7.29. The predicted octanol–water partition coefficient (Wildman–Crippen LogP) is 33.2. The molecule has 9 heterocycles. The molecule has 0 aliphatic carbocycles. The van der Waals surface area contributed by atoms with Crippen molar-refractivity contribution in [1.29, 1.82) is 0 Å². The highest BCUT2D eigenvalue weighted by Crippen LogP contribution is 2.55. The van der Waals surface area contributed by atoms with Crippen molar-refractivity contribution in [3.8, 4) is 145 Å². The fourth-order valence-corrected chi connectivity index (χ4v) is 21.1. The Morgan fingerprint density at radius 1 is 0.230 bits per heavy atom. The SMILES string of the molecule is C1=CC2Nc3c(-c4ccc(-c5c(-c6ccccc6)c6ccccc6c6ccccc56)cc4)cc(-c4ccc(-c5cccnc5)cc4)cc3N2C=C1.C1=CC2Nc3c(-c4ccc(-c5cccc6cccnc56)cc4)cc(-c4ccc(-c5ccncc5)cc4)cc3N2C=C1.[C-]#[N+]c1ccc(-c2ccc(-c3cc(-c4c(-c5ccccc5)c5ccccc5c5ccccc45)c4c(c3)N3C=CC=CC3N4)cc2)cc1. The van der Waals surface area contributed by atoms with Gasteiger partial charge in [-0.25, -0.2) is 4.85 Å². The maximum absolute atomic E-state index is 7.29. The van der Waals surface area contributed by atoms with Gasteiger partial charge in [0.15, 0.2) is 5.69 Å². The van der Waals surface area contributed by atoms with E-state index in [1.165, 1.54) is 155 Å². The molecular weight excluding hydrogens is 1690 g/mol.